The first-order valence-corrected chi connectivity index (χ1v) is 9.28. The van der Waals surface area contributed by atoms with Crippen LogP contribution < -0.4 is 4.74 Å². The second-order valence-electron chi connectivity index (χ2n) is 6.04. The largest absolute Gasteiger partial charge is 0.489 e. The highest BCUT2D eigenvalue weighted by atomic mass is 32.2. The molecule has 0 radical (unpaired) electrons. The summed E-state index contributed by atoms with van der Waals surface area (Å²) in [6.45, 7) is 0.268. The minimum Gasteiger partial charge on any atom is -0.489 e. The maximum Gasteiger partial charge on any atom is 0.283 e. The summed E-state index contributed by atoms with van der Waals surface area (Å²) in [4.78, 5) is 26.4. The average Bonchev–Trinajstić information content (AvgIpc) is 3.19. The van der Waals surface area contributed by atoms with Gasteiger partial charge in [0.1, 0.15) is 12.4 Å². The number of thioether (sulfide) groups is 1. The predicted octanol–water partition coefficient (Wildman–Crippen LogP) is 3.42. The van der Waals surface area contributed by atoms with E-state index in [9.17, 15) is 14.9 Å². The Morgan fingerprint density at radius 3 is 2.59 bits per heavy atom. The molecule has 0 unspecified atom stereocenters. The third kappa shape index (κ3) is 3.92. The number of amidine groups is 2. The molecule has 4 rings (SSSR count). The number of amides is 1. The van der Waals surface area contributed by atoms with Crippen molar-refractivity contribution in [3.63, 3.8) is 0 Å². The number of aliphatic imine (C=N–C) groups is 1. The molecule has 10 heteroatoms. The molecule has 1 amide bonds. The summed E-state index contributed by atoms with van der Waals surface area (Å²) in [6.07, 6.45) is 1.59. The summed E-state index contributed by atoms with van der Waals surface area (Å²) in [6, 6.07) is 13.2. The number of hydrogen-bond donors (Lipinski definition) is 1. The lowest BCUT2D eigenvalue weighted by atomic mass is 10.1. The van der Waals surface area contributed by atoms with Crippen molar-refractivity contribution >= 4 is 46.0 Å². The standard InChI is InChI=1S/C19H13N5O4S/c20-17-16(18(25)22-19-23(17)21-11-29-19)9-12-3-7-15(8-4-12)28-10-13-1-5-14(6-2-13)24(26)27/h1-9,11,20H,10H2/b16-9+,20-17?. The van der Waals surface area contributed by atoms with Gasteiger partial charge in [0.2, 0.25) is 0 Å². The van der Waals surface area contributed by atoms with E-state index in [2.05, 4.69) is 10.1 Å². The van der Waals surface area contributed by atoms with Gasteiger partial charge in [-0.15, -0.1) is 0 Å². The Kier molecular flexibility index (Phi) is 4.92. The quantitative estimate of drug-likeness (QED) is 0.460. The molecule has 0 atom stereocenters. The number of benzene rings is 2. The second-order valence-corrected chi connectivity index (χ2v) is 6.85. The van der Waals surface area contributed by atoms with Gasteiger partial charge < -0.3 is 4.74 Å². The van der Waals surface area contributed by atoms with Crippen molar-refractivity contribution in [3.05, 3.63) is 75.3 Å². The van der Waals surface area contributed by atoms with Crippen molar-refractivity contribution in [2.45, 2.75) is 6.61 Å². The number of fused-ring (bicyclic) bond motifs is 1. The Bertz CT molecular complexity index is 1090. The third-order valence-corrected chi connectivity index (χ3v) is 4.81. The number of rotatable bonds is 5. The van der Waals surface area contributed by atoms with E-state index in [1.807, 2.05) is 0 Å². The zero-order valence-electron chi connectivity index (χ0n) is 14.8. The summed E-state index contributed by atoms with van der Waals surface area (Å²) < 4.78 is 5.68. The number of nitro benzene ring substituents is 1. The summed E-state index contributed by atoms with van der Waals surface area (Å²) in [5.41, 5.74) is 3.24. The van der Waals surface area contributed by atoms with Gasteiger partial charge in [-0.25, -0.2) is 0 Å². The van der Waals surface area contributed by atoms with Crippen LogP contribution in [0.1, 0.15) is 11.1 Å². The van der Waals surface area contributed by atoms with Crippen LogP contribution in [0.25, 0.3) is 6.08 Å². The lowest BCUT2D eigenvalue weighted by Gasteiger charge is -2.20. The van der Waals surface area contributed by atoms with E-state index in [0.29, 0.717) is 10.9 Å². The topological polar surface area (TPSA) is 121 Å². The Balaban J connectivity index is 1.43. The molecule has 2 aliphatic rings. The average molecular weight is 407 g/mol. The summed E-state index contributed by atoms with van der Waals surface area (Å²) in [5.74, 6) is 0.119. The lowest BCUT2D eigenvalue weighted by molar-refractivity contribution is -0.384. The van der Waals surface area contributed by atoms with Gasteiger partial charge in [-0.2, -0.15) is 15.1 Å². The summed E-state index contributed by atoms with van der Waals surface area (Å²) in [7, 11) is 0. The monoisotopic (exact) mass is 407 g/mol. The second kappa shape index (κ2) is 7.68. The van der Waals surface area contributed by atoms with Crippen molar-refractivity contribution in [2.24, 2.45) is 10.1 Å². The van der Waals surface area contributed by atoms with E-state index in [-0.39, 0.29) is 23.7 Å². The van der Waals surface area contributed by atoms with Crippen LogP contribution in [0.5, 0.6) is 5.75 Å². The first-order chi connectivity index (χ1) is 14.0. The van der Waals surface area contributed by atoms with Crippen molar-refractivity contribution in [2.75, 3.05) is 0 Å². The number of carbonyl (C=O) groups excluding carboxylic acids is 1. The molecule has 0 spiro atoms. The van der Waals surface area contributed by atoms with E-state index < -0.39 is 10.8 Å². The van der Waals surface area contributed by atoms with E-state index in [4.69, 9.17) is 10.1 Å². The van der Waals surface area contributed by atoms with Crippen LogP contribution in [0, 0.1) is 15.5 Å². The SMILES string of the molecule is N=C1/C(=C\c2ccc(OCc3ccc([N+](=O)[O-])cc3)cc2)C(=O)N=C2SC=NN12. The van der Waals surface area contributed by atoms with E-state index in [1.165, 1.54) is 34.5 Å². The first kappa shape index (κ1) is 18.6. The molecule has 1 N–H and O–H groups in total. The van der Waals surface area contributed by atoms with Crippen molar-refractivity contribution in [1.82, 2.24) is 5.01 Å². The van der Waals surface area contributed by atoms with E-state index >= 15 is 0 Å². The van der Waals surface area contributed by atoms with Gasteiger partial charge in [-0.3, -0.25) is 20.3 Å². The fraction of sp³-hybridized carbons (Fsp3) is 0.0526. The highest BCUT2D eigenvalue weighted by Crippen LogP contribution is 2.25. The van der Waals surface area contributed by atoms with Crippen LogP contribution in [-0.4, -0.2) is 32.4 Å². The molecule has 0 saturated carbocycles. The number of non-ortho nitro benzene ring substituents is 1. The Labute approximate surface area is 169 Å². The van der Waals surface area contributed by atoms with Crippen LogP contribution in [0.15, 0.2) is 64.2 Å². The fourth-order valence-electron chi connectivity index (χ4n) is 2.64. The maximum atomic E-state index is 12.2. The van der Waals surface area contributed by atoms with Gasteiger partial charge in [0.15, 0.2) is 11.0 Å². The molecular weight excluding hydrogens is 394 g/mol. The number of hydrazone groups is 1. The highest BCUT2D eigenvalue weighted by molar-refractivity contribution is 8.25. The molecule has 0 fully saturated rings. The summed E-state index contributed by atoms with van der Waals surface area (Å²) in [5, 5.41) is 24.6. The van der Waals surface area contributed by atoms with Crippen LogP contribution in [0.2, 0.25) is 0 Å². The summed E-state index contributed by atoms with van der Waals surface area (Å²) >= 11 is 1.20. The molecule has 0 aromatic heterocycles. The van der Waals surface area contributed by atoms with Gasteiger partial charge in [-0.1, -0.05) is 12.1 Å². The highest BCUT2D eigenvalue weighted by Gasteiger charge is 2.32. The van der Waals surface area contributed by atoms with Crippen molar-refractivity contribution in [1.29, 1.82) is 5.41 Å². The molecule has 29 heavy (non-hydrogen) atoms. The first-order valence-electron chi connectivity index (χ1n) is 8.40. The Morgan fingerprint density at radius 2 is 1.90 bits per heavy atom. The molecule has 2 aliphatic heterocycles. The zero-order valence-corrected chi connectivity index (χ0v) is 15.6. The minimum absolute atomic E-state index is 0.0141. The van der Waals surface area contributed by atoms with Crippen LogP contribution in [-0.2, 0) is 11.4 Å². The van der Waals surface area contributed by atoms with Crippen molar-refractivity contribution in [3.8, 4) is 5.75 Å². The number of nitrogens with zero attached hydrogens (tertiary/aromatic N) is 4. The molecule has 0 saturated heterocycles. The fourth-order valence-corrected chi connectivity index (χ4v) is 3.25. The Morgan fingerprint density at radius 1 is 1.17 bits per heavy atom. The smallest absolute Gasteiger partial charge is 0.283 e. The molecule has 144 valence electrons. The van der Waals surface area contributed by atoms with Crippen LogP contribution in [0.4, 0.5) is 5.69 Å². The molecule has 0 bridgehead atoms. The third-order valence-electron chi connectivity index (χ3n) is 4.14. The molecule has 0 aliphatic carbocycles. The Hall–Kier alpha value is -3.79. The normalized spacial score (nSPS) is 16.8. The zero-order chi connectivity index (χ0) is 20.4. The molecule has 2 aromatic rings. The molecule has 2 aromatic carbocycles. The number of ether oxygens (including phenoxy) is 1. The number of nitro groups is 1. The van der Waals surface area contributed by atoms with Gasteiger partial charge >= 0.3 is 0 Å². The van der Waals surface area contributed by atoms with E-state index in [1.54, 1.807) is 42.5 Å². The van der Waals surface area contributed by atoms with Gasteiger partial charge in [0.25, 0.3) is 11.6 Å². The molecule has 2 heterocycles. The molecular formula is C19H13N5O4S. The van der Waals surface area contributed by atoms with Gasteiger partial charge in [0, 0.05) is 12.1 Å². The van der Waals surface area contributed by atoms with Gasteiger partial charge in [0.05, 0.1) is 16.0 Å². The predicted molar refractivity (Wildman–Crippen MR) is 110 cm³/mol. The minimum atomic E-state index is -0.474. The van der Waals surface area contributed by atoms with Crippen LogP contribution in [0.3, 0.4) is 0 Å². The maximum absolute atomic E-state index is 12.2. The molecule has 9 nitrogen and oxygen atoms in total. The van der Waals surface area contributed by atoms with Crippen LogP contribution >= 0.6 is 11.8 Å². The van der Waals surface area contributed by atoms with Crippen molar-refractivity contribution < 1.29 is 14.5 Å². The number of nitrogens with one attached hydrogen (secondary N) is 1. The lowest BCUT2D eigenvalue weighted by Crippen LogP contribution is -2.35. The van der Waals surface area contributed by atoms with Gasteiger partial charge in [-0.05, 0) is 53.2 Å². The number of hydrogen-bond acceptors (Lipinski definition) is 7. The van der Waals surface area contributed by atoms with E-state index in [0.717, 1.165) is 11.1 Å². The number of carbonyl (C=O) groups is 1.